The third kappa shape index (κ3) is 5.99. The molecule has 3 aliphatic rings. The average molecular weight is 561 g/mol. The molecule has 1 aromatic heterocycles. The maximum Gasteiger partial charge on any atom is 0.232 e. The molecular weight excluding hydrogens is 524 g/mol. The molecule has 1 saturated heterocycles. The molecular formula is C31H37ClN6S. The molecule has 1 aliphatic carbocycles. The largest absolute Gasteiger partial charge is 0.361 e. The van der Waals surface area contributed by atoms with Crippen molar-refractivity contribution < 1.29 is 0 Å². The fourth-order valence-electron chi connectivity index (χ4n) is 6.43. The van der Waals surface area contributed by atoms with E-state index >= 15 is 0 Å². The van der Waals surface area contributed by atoms with Gasteiger partial charge in [-0.25, -0.2) is 0 Å². The van der Waals surface area contributed by atoms with Crippen LogP contribution in [-0.4, -0.2) is 41.3 Å². The van der Waals surface area contributed by atoms with Crippen LogP contribution in [0.2, 0.25) is 5.02 Å². The van der Waals surface area contributed by atoms with Crippen LogP contribution in [0.4, 0.5) is 17.6 Å². The normalized spacial score (nSPS) is 18.5. The van der Waals surface area contributed by atoms with Gasteiger partial charge in [-0.15, -0.1) is 0 Å². The SMILES string of the molecule is S=C(NCC1(c2ccc(Cl)cc2)CCCCC1)Nc1nc(N2CCCC2)cc(N2CCc3ccccc3C2)n1. The molecule has 1 saturated carbocycles. The lowest BCUT2D eigenvalue weighted by Crippen LogP contribution is -2.43. The number of aromatic nitrogens is 2. The number of nitrogens with one attached hydrogen (secondary N) is 2. The molecule has 2 fully saturated rings. The molecule has 3 aromatic rings. The third-order valence-corrected chi connectivity index (χ3v) is 9.16. The smallest absolute Gasteiger partial charge is 0.232 e. The van der Waals surface area contributed by atoms with Crippen molar-refractivity contribution in [3.05, 3.63) is 76.3 Å². The second-order valence-corrected chi connectivity index (χ2v) is 12.0. The predicted octanol–water partition coefficient (Wildman–Crippen LogP) is 6.48. The minimum absolute atomic E-state index is 0.0547. The van der Waals surface area contributed by atoms with Crippen LogP contribution < -0.4 is 20.4 Å². The Morgan fingerprint density at radius 2 is 1.54 bits per heavy atom. The Bertz CT molecular complexity index is 1300. The number of benzene rings is 2. The monoisotopic (exact) mass is 560 g/mol. The van der Waals surface area contributed by atoms with Gasteiger partial charge in [0.1, 0.15) is 11.6 Å². The van der Waals surface area contributed by atoms with Crippen LogP contribution >= 0.6 is 23.8 Å². The van der Waals surface area contributed by atoms with Crippen molar-refractivity contribution in [1.29, 1.82) is 0 Å². The second kappa shape index (κ2) is 11.7. The quantitative estimate of drug-likeness (QED) is 0.334. The summed E-state index contributed by atoms with van der Waals surface area (Å²) in [6.07, 6.45) is 9.46. The number of fused-ring (bicyclic) bond motifs is 1. The molecule has 0 unspecified atom stereocenters. The van der Waals surface area contributed by atoms with E-state index < -0.39 is 0 Å². The second-order valence-electron chi connectivity index (χ2n) is 11.2. The van der Waals surface area contributed by atoms with Gasteiger partial charge in [0.05, 0.1) is 0 Å². The van der Waals surface area contributed by atoms with Crippen molar-refractivity contribution >= 4 is 46.5 Å². The van der Waals surface area contributed by atoms with E-state index in [1.54, 1.807) is 0 Å². The molecule has 6 rings (SSSR count). The summed E-state index contributed by atoms with van der Waals surface area (Å²) >= 11 is 12.0. The minimum atomic E-state index is 0.0547. The standard InChI is InChI=1S/C31H37ClN6S/c32-26-12-10-25(11-13-26)31(15-4-1-5-16-31)22-33-30(39)36-29-34-27(37-17-6-7-18-37)20-28(35-29)38-19-14-23-8-2-3-9-24(23)21-38/h2-3,8-13,20H,1,4-7,14-19,21-22H2,(H2,33,34,35,36,39). The lowest BCUT2D eigenvalue weighted by molar-refractivity contribution is 0.292. The first-order valence-corrected chi connectivity index (χ1v) is 15.1. The van der Waals surface area contributed by atoms with Gasteiger partial charge in [-0.1, -0.05) is 67.3 Å². The molecule has 204 valence electrons. The highest BCUT2D eigenvalue weighted by Gasteiger charge is 2.34. The molecule has 2 aromatic carbocycles. The van der Waals surface area contributed by atoms with Crippen molar-refractivity contribution in [2.24, 2.45) is 0 Å². The van der Waals surface area contributed by atoms with E-state index in [1.807, 2.05) is 12.1 Å². The number of thiocarbonyl (C=S) groups is 1. The zero-order valence-corrected chi connectivity index (χ0v) is 24.0. The van der Waals surface area contributed by atoms with Gasteiger partial charge in [0.25, 0.3) is 0 Å². The molecule has 3 heterocycles. The number of halogens is 1. The lowest BCUT2D eigenvalue weighted by Gasteiger charge is -2.38. The number of anilines is 3. The number of nitrogens with zero attached hydrogens (tertiary/aromatic N) is 4. The zero-order chi connectivity index (χ0) is 26.7. The summed E-state index contributed by atoms with van der Waals surface area (Å²) in [5.41, 5.74) is 4.20. The van der Waals surface area contributed by atoms with Crippen LogP contribution in [0.1, 0.15) is 61.6 Å². The predicted molar refractivity (Wildman–Crippen MR) is 165 cm³/mol. The molecule has 6 nitrogen and oxygen atoms in total. The Morgan fingerprint density at radius 1 is 0.846 bits per heavy atom. The van der Waals surface area contributed by atoms with Crippen molar-refractivity contribution in [3.63, 3.8) is 0 Å². The fourth-order valence-corrected chi connectivity index (χ4v) is 6.72. The van der Waals surface area contributed by atoms with E-state index in [-0.39, 0.29) is 5.41 Å². The van der Waals surface area contributed by atoms with Crippen molar-refractivity contribution in [1.82, 2.24) is 15.3 Å². The van der Waals surface area contributed by atoms with Crippen LogP contribution in [0, 0.1) is 0 Å². The summed E-state index contributed by atoms with van der Waals surface area (Å²) in [6, 6.07) is 19.2. The summed E-state index contributed by atoms with van der Waals surface area (Å²) in [7, 11) is 0. The van der Waals surface area contributed by atoms with Crippen molar-refractivity contribution in [2.75, 3.05) is 41.3 Å². The van der Waals surface area contributed by atoms with Crippen LogP contribution in [0.15, 0.2) is 54.6 Å². The van der Waals surface area contributed by atoms with Crippen LogP contribution in [0.25, 0.3) is 0 Å². The maximum absolute atomic E-state index is 6.20. The molecule has 39 heavy (non-hydrogen) atoms. The van der Waals surface area contributed by atoms with Crippen molar-refractivity contribution in [3.8, 4) is 0 Å². The molecule has 0 radical (unpaired) electrons. The van der Waals surface area contributed by atoms with Crippen LogP contribution in [0.5, 0.6) is 0 Å². The van der Waals surface area contributed by atoms with Crippen LogP contribution in [0.3, 0.4) is 0 Å². The highest BCUT2D eigenvalue weighted by atomic mass is 35.5. The van der Waals surface area contributed by atoms with Gasteiger partial charge in [0, 0.05) is 49.2 Å². The van der Waals surface area contributed by atoms with Gasteiger partial charge in [-0.05, 0) is 73.1 Å². The van der Waals surface area contributed by atoms with Gasteiger partial charge in [0.2, 0.25) is 5.95 Å². The summed E-state index contributed by atoms with van der Waals surface area (Å²) in [6.45, 7) is 4.65. The summed E-state index contributed by atoms with van der Waals surface area (Å²) in [5.74, 6) is 2.50. The highest BCUT2D eigenvalue weighted by Crippen LogP contribution is 2.39. The lowest BCUT2D eigenvalue weighted by atomic mass is 9.69. The molecule has 2 N–H and O–H groups in total. The van der Waals surface area contributed by atoms with Gasteiger partial charge in [-0.2, -0.15) is 9.97 Å². The van der Waals surface area contributed by atoms with Gasteiger partial charge in [-0.3, -0.25) is 0 Å². The molecule has 2 aliphatic heterocycles. The summed E-state index contributed by atoms with van der Waals surface area (Å²) in [4.78, 5) is 14.6. The summed E-state index contributed by atoms with van der Waals surface area (Å²) in [5, 5.41) is 8.23. The number of hydrogen-bond donors (Lipinski definition) is 2. The van der Waals surface area contributed by atoms with Crippen LogP contribution in [-0.2, 0) is 18.4 Å². The fraction of sp³-hybridized carbons (Fsp3) is 0.452. The van der Waals surface area contributed by atoms with E-state index in [2.05, 4.69) is 62.9 Å². The molecule has 8 heteroatoms. The van der Waals surface area contributed by atoms with Gasteiger partial charge in [0.15, 0.2) is 5.11 Å². The van der Waals surface area contributed by atoms with Gasteiger partial charge >= 0.3 is 0 Å². The molecule has 0 spiro atoms. The third-order valence-electron chi connectivity index (χ3n) is 8.66. The van der Waals surface area contributed by atoms with E-state index in [0.29, 0.717) is 11.1 Å². The Balaban J connectivity index is 1.20. The Labute approximate surface area is 242 Å². The summed E-state index contributed by atoms with van der Waals surface area (Å²) < 4.78 is 0. The topological polar surface area (TPSA) is 56.3 Å². The van der Waals surface area contributed by atoms with Gasteiger partial charge < -0.3 is 20.4 Å². The Morgan fingerprint density at radius 3 is 2.28 bits per heavy atom. The van der Waals surface area contributed by atoms with E-state index in [1.165, 1.54) is 48.8 Å². The van der Waals surface area contributed by atoms with E-state index in [9.17, 15) is 0 Å². The number of rotatable bonds is 6. The first kappa shape index (κ1) is 26.3. The Kier molecular flexibility index (Phi) is 7.89. The highest BCUT2D eigenvalue weighted by molar-refractivity contribution is 7.80. The first-order valence-electron chi connectivity index (χ1n) is 14.3. The molecule has 0 bridgehead atoms. The maximum atomic E-state index is 6.20. The van der Waals surface area contributed by atoms with Crippen molar-refractivity contribution in [2.45, 2.75) is 63.3 Å². The first-order chi connectivity index (χ1) is 19.1. The zero-order valence-electron chi connectivity index (χ0n) is 22.5. The minimum Gasteiger partial charge on any atom is -0.361 e. The molecule has 0 atom stereocenters. The number of hydrogen-bond acceptors (Lipinski definition) is 5. The molecule has 0 amide bonds. The Hall–Kier alpha value is -2.90. The average Bonchev–Trinajstić information content (AvgIpc) is 3.52. The van der Waals surface area contributed by atoms with E-state index in [4.69, 9.17) is 33.8 Å². The van der Waals surface area contributed by atoms with E-state index in [0.717, 1.165) is 68.6 Å².